The number of halogens is 1. The van der Waals surface area contributed by atoms with Gasteiger partial charge in [0, 0.05) is 35.9 Å². The van der Waals surface area contributed by atoms with Crippen molar-refractivity contribution in [2.45, 2.75) is 6.54 Å². The van der Waals surface area contributed by atoms with E-state index in [-0.39, 0.29) is 0 Å². The van der Waals surface area contributed by atoms with Crippen molar-refractivity contribution in [1.82, 2.24) is 10.3 Å². The van der Waals surface area contributed by atoms with Crippen molar-refractivity contribution in [1.29, 1.82) is 0 Å². The third-order valence-corrected chi connectivity index (χ3v) is 2.52. The lowest BCUT2D eigenvalue weighted by atomic mass is 10.1. The van der Waals surface area contributed by atoms with Crippen molar-refractivity contribution in [3.8, 4) is 0 Å². The maximum Gasteiger partial charge on any atom is 0.0346 e. The molecule has 1 N–H and O–H groups in total. The maximum atomic E-state index is 5.69. The summed E-state index contributed by atoms with van der Waals surface area (Å²) in [5.41, 5.74) is 1.18. The highest BCUT2D eigenvalue weighted by Gasteiger charge is 2.00. The molecule has 0 unspecified atom stereocenters. The molecule has 0 saturated heterocycles. The summed E-state index contributed by atoms with van der Waals surface area (Å²) >= 11 is 5.69. The fourth-order valence-electron chi connectivity index (χ4n) is 1.65. The molecule has 1 aromatic carbocycles. The quantitative estimate of drug-likeness (QED) is 0.877. The molecule has 0 fully saturated rings. The number of aromatic nitrogens is 1. The normalized spacial score (nSPS) is 10.6. The van der Waals surface area contributed by atoms with Crippen LogP contribution in [0.5, 0.6) is 0 Å². The van der Waals surface area contributed by atoms with Gasteiger partial charge in [0.2, 0.25) is 0 Å². The third kappa shape index (κ3) is 2.60. The summed E-state index contributed by atoms with van der Waals surface area (Å²) in [6.07, 6.45) is 3.76. The van der Waals surface area contributed by atoms with Crippen LogP contribution in [0, 0.1) is 0 Å². The molecule has 3 heteroatoms. The van der Waals surface area contributed by atoms with Gasteiger partial charge in [-0.3, -0.25) is 4.98 Å². The van der Waals surface area contributed by atoms with Crippen molar-refractivity contribution in [2.75, 3.05) is 6.54 Å². The zero-order valence-electron chi connectivity index (χ0n) is 8.91. The molecule has 1 aromatic heterocycles. The molecule has 0 atom stereocenters. The average Bonchev–Trinajstić information content (AvgIpc) is 2.29. The van der Waals surface area contributed by atoms with Gasteiger partial charge in [0.1, 0.15) is 0 Å². The molecule has 0 amide bonds. The monoisotopic (exact) mass is 232 g/mol. The van der Waals surface area contributed by atoms with E-state index in [1.807, 2.05) is 24.5 Å². The molecule has 0 aliphatic rings. The first-order chi connectivity index (χ1) is 7.77. The minimum Gasteiger partial charge on any atom is -0.308 e. The van der Waals surface area contributed by atoms with Crippen molar-refractivity contribution < 1.29 is 0 Å². The summed E-state index contributed by atoms with van der Waals surface area (Å²) in [7, 11) is 0. The molecule has 16 heavy (non-hydrogen) atoms. The summed E-state index contributed by atoms with van der Waals surface area (Å²) in [6.45, 7) is 5.00. The van der Waals surface area contributed by atoms with Crippen molar-refractivity contribution in [2.24, 2.45) is 0 Å². The van der Waals surface area contributed by atoms with Crippen LogP contribution >= 0.6 is 11.6 Å². The number of benzene rings is 1. The van der Waals surface area contributed by atoms with Crippen molar-refractivity contribution >= 4 is 22.4 Å². The molecule has 0 aliphatic heterocycles. The minimum atomic E-state index is 0.616. The SMILES string of the molecule is C=C(Cl)CNCc1cncc2ccccc12. The Kier molecular flexibility index (Phi) is 3.54. The third-order valence-electron chi connectivity index (χ3n) is 2.38. The van der Waals surface area contributed by atoms with Crippen LogP contribution in [0.3, 0.4) is 0 Å². The lowest BCUT2D eigenvalue weighted by Crippen LogP contribution is -2.14. The van der Waals surface area contributed by atoms with Crippen LogP contribution in [-0.2, 0) is 6.54 Å². The van der Waals surface area contributed by atoms with Gasteiger partial charge in [0.05, 0.1) is 0 Å². The molecule has 2 nitrogen and oxygen atoms in total. The molecule has 1 heterocycles. The molecule has 0 radical (unpaired) electrons. The van der Waals surface area contributed by atoms with E-state index in [2.05, 4.69) is 29.0 Å². The Balaban J connectivity index is 2.20. The Labute approximate surface area is 100.0 Å². The summed E-state index contributed by atoms with van der Waals surface area (Å²) in [5.74, 6) is 0. The highest BCUT2D eigenvalue weighted by atomic mass is 35.5. The first kappa shape index (κ1) is 11.1. The summed E-state index contributed by atoms with van der Waals surface area (Å²) in [5, 5.41) is 6.23. The second-order valence-electron chi connectivity index (χ2n) is 3.64. The lowest BCUT2D eigenvalue weighted by molar-refractivity contribution is 0.757. The summed E-state index contributed by atoms with van der Waals surface area (Å²) < 4.78 is 0. The largest absolute Gasteiger partial charge is 0.308 e. The van der Waals surface area contributed by atoms with E-state index in [4.69, 9.17) is 11.6 Å². The zero-order valence-corrected chi connectivity index (χ0v) is 9.67. The minimum absolute atomic E-state index is 0.616. The fourth-order valence-corrected chi connectivity index (χ4v) is 1.75. The van der Waals surface area contributed by atoms with E-state index in [1.165, 1.54) is 10.9 Å². The van der Waals surface area contributed by atoms with Crippen LogP contribution < -0.4 is 5.32 Å². The van der Waals surface area contributed by atoms with Crippen LogP contribution in [0.15, 0.2) is 48.3 Å². The van der Waals surface area contributed by atoms with Gasteiger partial charge in [-0.2, -0.15) is 0 Å². The van der Waals surface area contributed by atoms with E-state index in [1.54, 1.807) is 0 Å². The molecule has 0 bridgehead atoms. The molecule has 0 aliphatic carbocycles. The van der Waals surface area contributed by atoms with Gasteiger partial charge in [-0.05, 0) is 10.9 Å². The van der Waals surface area contributed by atoms with Gasteiger partial charge in [-0.25, -0.2) is 0 Å². The van der Waals surface area contributed by atoms with Gasteiger partial charge in [0.25, 0.3) is 0 Å². The van der Waals surface area contributed by atoms with E-state index >= 15 is 0 Å². The second-order valence-corrected chi connectivity index (χ2v) is 4.18. The average molecular weight is 233 g/mol. The zero-order chi connectivity index (χ0) is 11.4. The lowest BCUT2D eigenvalue weighted by Gasteiger charge is -2.06. The Bertz CT molecular complexity index is 503. The van der Waals surface area contributed by atoms with Crippen LogP contribution in [-0.4, -0.2) is 11.5 Å². The van der Waals surface area contributed by atoms with Crippen LogP contribution in [0.1, 0.15) is 5.56 Å². The fraction of sp³-hybridized carbons (Fsp3) is 0.154. The Hall–Kier alpha value is -1.38. The van der Waals surface area contributed by atoms with E-state index in [0.717, 1.165) is 11.9 Å². The Morgan fingerprint density at radius 3 is 2.94 bits per heavy atom. The smallest absolute Gasteiger partial charge is 0.0346 e. The number of rotatable bonds is 4. The van der Waals surface area contributed by atoms with Crippen LogP contribution in [0.2, 0.25) is 0 Å². The number of pyridine rings is 1. The molecule has 82 valence electrons. The van der Waals surface area contributed by atoms with E-state index in [0.29, 0.717) is 11.6 Å². The van der Waals surface area contributed by atoms with Gasteiger partial charge >= 0.3 is 0 Å². The number of hydrogen-bond acceptors (Lipinski definition) is 2. The molecular weight excluding hydrogens is 220 g/mol. The van der Waals surface area contributed by atoms with Crippen LogP contribution in [0.4, 0.5) is 0 Å². The molecule has 2 aromatic rings. The van der Waals surface area contributed by atoms with Gasteiger partial charge in [-0.1, -0.05) is 42.4 Å². The van der Waals surface area contributed by atoms with Crippen LogP contribution in [0.25, 0.3) is 10.8 Å². The Morgan fingerprint density at radius 1 is 1.31 bits per heavy atom. The predicted octanol–water partition coefficient (Wildman–Crippen LogP) is 3.08. The van der Waals surface area contributed by atoms with Gasteiger partial charge < -0.3 is 5.32 Å². The number of fused-ring (bicyclic) bond motifs is 1. The van der Waals surface area contributed by atoms with Crippen molar-refractivity contribution in [3.63, 3.8) is 0 Å². The summed E-state index contributed by atoms with van der Waals surface area (Å²) in [4.78, 5) is 4.22. The molecule has 0 saturated carbocycles. The molecule has 2 rings (SSSR count). The van der Waals surface area contributed by atoms with Gasteiger partial charge in [-0.15, -0.1) is 0 Å². The summed E-state index contributed by atoms with van der Waals surface area (Å²) in [6, 6.07) is 8.21. The predicted molar refractivity (Wildman–Crippen MR) is 68.4 cm³/mol. The number of nitrogens with zero attached hydrogens (tertiary/aromatic N) is 1. The number of hydrogen-bond donors (Lipinski definition) is 1. The first-order valence-corrected chi connectivity index (χ1v) is 5.51. The standard InChI is InChI=1S/C13H13ClN2/c1-10(14)6-15-8-12-9-16-7-11-4-2-3-5-13(11)12/h2-5,7,9,15H,1,6,8H2. The van der Waals surface area contributed by atoms with Crippen molar-refractivity contribution in [3.05, 3.63) is 53.8 Å². The Morgan fingerprint density at radius 2 is 2.12 bits per heavy atom. The topological polar surface area (TPSA) is 24.9 Å². The number of nitrogens with one attached hydrogen (secondary N) is 1. The highest BCUT2D eigenvalue weighted by Crippen LogP contribution is 2.16. The maximum absolute atomic E-state index is 5.69. The van der Waals surface area contributed by atoms with Gasteiger partial charge in [0.15, 0.2) is 0 Å². The molecule has 0 spiro atoms. The first-order valence-electron chi connectivity index (χ1n) is 5.13. The van der Waals surface area contributed by atoms with E-state index in [9.17, 15) is 0 Å². The van der Waals surface area contributed by atoms with E-state index < -0.39 is 0 Å². The second kappa shape index (κ2) is 5.10. The molecular formula is C13H13ClN2. The highest BCUT2D eigenvalue weighted by molar-refractivity contribution is 6.29.